The molecule has 1 aliphatic rings. The van der Waals surface area contributed by atoms with Crippen LogP contribution in [-0.4, -0.2) is 23.4 Å². The van der Waals surface area contributed by atoms with Gasteiger partial charge in [-0.15, -0.1) is 0 Å². The van der Waals surface area contributed by atoms with E-state index >= 15 is 0 Å². The van der Waals surface area contributed by atoms with Crippen LogP contribution in [0.5, 0.6) is 0 Å². The SMILES string of the molecule is COC(C)Cc1noc(C2(N)CCCCCC2)n1. The first-order valence-electron chi connectivity index (χ1n) is 6.79. The summed E-state index contributed by atoms with van der Waals surface area (Å²) in [5.74, 6) is 1.29. The smallest absolute Gasteiger partial charge is 0.246 e. The van der Waals surface area contributed by atoms with Gasteiger partial charge >= 0.3 is 0 Å². The van der Waals surface area contributed by atoms with Gasteiger partial charge in [0.25, 0.3) is 0 Å². The van der Waals surface area contributed by atoms with Gasteiger partial charge < -0.3 is 15.0 Å². The van der Waals surface area contributed by atoms with Gasteiger partial charge in [-0.2, -0.15) is 4.98 Å². The zero-order valence-corrected chi connectivity index (χ0v) is 11.3. The first kappa shape index (κ1) is 13.5. The van der Waals surface area contributed by atoms with Gasteiger partial charge in [0.1, 0.15) is 0 Å². The highest BCUT2D eigenvalue weighted by molar-refractivity contribution is 5.03. The lowest BCUT2D eigenvalue weighted by Gasteiger charge is -2.22. The van der Waals surface area contributed by atoms with Gasteiger partial charge in [0, 0.05) is 13.5 Å². The summed E-state index contributed by atoms with van der Waals surface area (Å²) >= 11 is 0. The zero-order valence-electron chi connectivity index (χ0n) is 11.3. The van der Waals surface area contributed by atoms with Crippen LogP contribution >= 0.6 is 0 Å². The van der Waals surface area contributed by atoms with Gasteiger partial charge in [-0.05, 0) is 19.8 Å². The molecule has 5 heteroatoms. The van der Waals surface area contributed by atoms with E-state index in [4.69, 9.17) is 15.0 Å². The van der Waals surface area contributed by atoms with Crippen molar-refractivity contribution in [3.63, 3.8) is 0 Å². The van der Waals surface area contributed by atoms with Crippen molar-refractivity contribution in [1.29, 1.82) is 0 Å². The Morgan fingerprint density at radius 2 is 2.00 bits per heavy atom. The van der Waals surface area contributed by atoms with Crippen molar-refractivity contribution in [3.8, 4) is 0 Å². The summed E-state index contributed by atoms with van der Waals surface area (Å²) in [6, 6.07) is 0. The molecule has 0 spiro atoms. The van der Waals surface area contributed by atoms with E-state index in [0.29, 0.717) is 18.1 Å². The minimum atomic E-state index is -0.419. The molecule has 1 fully saturated rings. The first-order chi connectivity index (χ1) is 8.64. The molecule has 1 atom stereocenters. The Morgan fingerprint density at radius 3 is 2.61 bits per heavy atom. The van der Waals surface area contributed by atoms with Crippen LogP contribution in [0.15, 0.2) is 4.52 Å². The fourth-order valence-corrected chi connectivity index (χ4v) is 2.45. The van der Waals surface area contributed by atoms with Gasteiger partial charge in [0.2, 0.25) is 5.89 Å². The van der Waals surface area contributed by atoms with Gasteiger partial charge in [-0.3, -0.25) is 0 Å². The molecule has 1 unspecified atom stereocenters. The highest BCUT2D eigenvalue weighted by Gasteiger charge is 2.34. The van der Waals surface area contributed by atoms with Gasteiger partial charge in [-0.25, -0.2) is 0 Å². The number of nitrogens with zero attached hydrogens (tertiary/aromatic N) is 2. The van der Waals surface area contributed by atoms with Crippen molar-refractivity contribution in [2.24, 2.45) is 5.73 Å². The maximum Gasteiger partial charge on any atom is 0.246 e. The maximum atomic E-state index is 6.43. The number of hydrogen-bond donors (Lipinski definition) is 1. The highest BCUT2D eigenvalue weighted by atomic mass is 16.5. The third-order valence-electron chi connectivity index (χ3n) is 3.76. The summed E-state index contributed by atoms with van der Waals surface area (Å²) in [4.78, 5) is 4.45. The average Bonchev–Trinajstić information content (AvgIpc) is 2.72. The largest absolute Gasteiger partial charge is 0.381 e. The molecule has 0 aromatic carbocycles. The van der Waals surface area contributed by atoms with Crippen LogP contribution in [0.4, 0.5) is 0 Å². The van der Waals surface area contributed by atoms with Gasteiger partial charge in [-0.1, -0.05) is 30.8 Å². The Bertz CT molecular complexity index is 370. The average molecular weight is 253 g/mol. The molecule has 102 valence electrons. The second-order valence-electron chi connectivity index (χ2n) is 5.34. The molecule has 1 saturated carbocycles. The second-order valence-corrected chi connectivity index (χ2v) is 5.34. The van der Waals surface area contributed by atoms with Gasteiger partial charge in [0.05, 0.1) is 11.6 Å². The number of rotatable bonds is 4. The quantitative estimate of drug-likeness (QED) is 0.832. The van der Waals surface area contributed by atoms with Gasteiger partial charge in [0.15, 0.2) is 5.82 Å². The van der Waals surface area contributed by atoms with Crippen LogP contribution in [0, 0.1) is 0 Å². The molecule has 1 aromatic heterocycles. The number of methoxy groups -OCH3 is 1. The molecule has 1 aliphatic carbocycles. The molecule has 18 heavy (non-hydrogen) atoms. The number of aromatic nitrogens is 2. The van der Waals surface area contributed by atoms with Crippen molar-refractivity contribution in [1.82, 2.24) is 10.1 Å². The molecule has 0 saturated heterocycles. The van der Waals surface area contributed by atoms with Crippen molar-refractivity contribution in [2.75, 3.05) is 7.11 Å². The number of ether oxygens (including phenoxy) is 1. The predicted octanol–water partition coefficient (Wildman–Crippen LogP) is 2.16. The van der Waals surface area contributed by atoms with Crippen LogP contribution in [-0.2, 0) is 16.7 Å². The third kappa shape index (κ3) is 3.09. The highest BCUT2D eigenvalue weighted by Crippen LogP contribution is 2.32. The van der Waals surface area contributed by atoms with Crippen LogP contribution in [0.1, 0.15) is 57.2 Å². The van der Waals surface area contributed by atoms with Crippen LogP contribution in [0.25, 0.3) is 0 Å². The van der Waals surface area contributed by atoms with E-state index in [0.717, 1.165) is 25.7 Å². The van der Waals surface area contributed by atoms with Crippen molar-refractivity contribution in [3.05, 3.63) is 11.7 Å². The molecular weight excluding hydrogens is 230 g/mol. The molecule has 0 bridgehead atoms. The summed E-state index contributed by atoms with van der Waals surface area (Å²) in [6.07, 6.45) is 7.42. The Morgan fingerprint density at radius 1 is 1.33 bits per heavy atom. The predicted molar refractivity (Wildman–Crippen MR) is 68.0 cm³/mol. The lowest BCUT2D eigenvalue weighted by atomic mass is 9.91. The Kier molecular flexibility index (Phi) is 4.35. The molecule has 1 heterocycles. The van der Waals surface area contributed by atoms with Crippen LogP contribution in [0.3, 0.4) is 0 Å². The Labute approximate surface area is 108 Å². The lowest BCUT2D eigenvalue weighted by molar-refractivity contribution is 0.116. The number of hydrogen-bond acceptors (Lipinski definition) is 5. The summed E-state index contributed by atoms with van der Waals surface area (Å²) in [5.41, 5.74) is 6.01. The fraction of sp³-hybridized carbons (Fsp3) is 0.846. The first-order valence-corrected chi connectivity index (χ1v) is 6.79. The second kappa shape index (κ2) is 5.80. The summed E-state index contributed by atoms with van der Waals surface area (Å²) < 4.78 is 10.6. The van der Waals surface area contributed by atoms with E-state index in [1.54, 1.807) is 7.11 Å². The Hall–Kier alpha value is -0.940. The molecule has 0 amide bonds. The monoisotopic (exact) mass is 253 g/mol. The van der Waals surface area contributed by atoms with Crippen LogP contribution < -0.4 is 5.73 Å². The standard InChI is InChI=1S/C13H23N3O2/c1-10(17-2)9-11-15-12(18-16-11)13(14)7-5-3-4-6-8-13/h10H,3-9,14H2,1-2H3. The summed E-state index contributed by atoms with van der Waals surface area (Å²) in [6.45, 7) is 1.99. The van der Waals surface area contributed by atoms with Crippen LogP contribution in [0.2, 0.25) is 0 Å². The normalized spacial score (nSPS) is 21.5. The molecule has 2 N–H and O–H groups in total. The Balaban J connectivity index is 2.07. The van der Waals surface area contributed by atoms with E-state index in [9.17, 15) is 0 Å². The summed E-state index contributed by atoms with van der Waals surface area (Å²) in [5, 5.41) is 4.01. The lowest BCUT2D eigenvalue weighted by Crippen LogP contribution is -2.36. The molecule has 0 aliphatic heterocycles. The van der Waals surface area contributed by atoms with E-state index in [1.165, 1.54) is 12.8 Å². The molecule has 0 radical (unpaired) electrons. The van der Waals surface area contributed by atoms with Crippen molar-refractivity contribution >= 4 is 0 Å². The topological polar surface area (TPSA) is 74.2 Å². The molecular formula is C13H23N3O2. The van der Waals surface area contributed by atoms with E-state index in [1.807, 2.05) is 6.92 Å². The van der Waals surface area contributed by atoms with E-state index in [2.05, 4.69) is 10.1 Å². The van der Waals surface area contributed by atoms with E-state index < -0.39 is 5.54 Å². The zero-order chi connectivity index (χ0) is 13.0. The molecule has 5 nitrogen and oxygen atoms in total. The molecule has 2 rings (SSSR count). The van der Waals surface area contributed by atoms with E-state index in [-0.39, 0.29) is 6.10 Å². The molecule has 1 aromatic rings. The number of nitrogens with two attached hydrogens (primary N) is 1. The maximum absolute atomic E-state index is 6.43. The minimum absolute atomic E-state index is 0.0957. The summed E-state index contributed by atoms with van der Waals surface area (Å²) in [7, 11) is 1.68. The van der Waals surface area contributed by atoms with Crippen molar-refractivity contribution < 1.29 is 9.26 Å². The third-order valence-corrected chi connectivity index (χ3v) is 3.76. The van der Waals surface area contributed by atoms with Crippen molar-refractivity contribution in [2.45, 2.75) is 63.5 Å². The fourth-order valence-electron chi connectivity index (χ4n) is 2.45. The minimum Gasteiger partial charge on any atom is -0.381 e.